The monoisotopic (exact) mass is 260 g/mol. The Balaban J connectivity index is 1.97. The Labute approximate surface area is 106 Å². The van der Waals surface area contributed by atoms with Crippen LogP contribution in [0.1, 0.15) is 5.56 Å². The van der Waals surface area contributed by atoms with Crippen molar-refractivity contribution >= 4 is 23.2 Å². The molecule has 1 aliphatic rings. The molecule has 1 aromatic rings. The average molecular weight is 261 g/mol. The van der Waals surface area contributed by atoms with Gasteiger partial charge in [0.1, 0.15) is 25.7 Å². The number of quaternary nitrogens is 1. The van der Waals surface area contributed by atoms with Crippen molar-refractivity contribution < 1.29 is 9.64 Å². The molecule has 1 fully saturated rings. The zero-order valence-corrected chi connectivity index (χ0v) is 10.6. The molecule has 0 aromatic heterocycles. The fourth-order valence-electron chi connectivity index (χ4n) is 2.02. The van der Waals surface area contributed by atoms with E-state index in [2.05, 4.69) is 6.07 Å². The minimum atomic E-state index is 0.188. The molecule has 16 heavy (non-hydrogen) atoms. The summed E-state index contributed by atoms with van der Waals surface area (Å²) in [5.41, 5.74) is 1.20. The molecule has 0 saturated carbocycles. The van der Waals surface area contributed by atoms with Crippen LogP contribution < -0.4 is 4.90 Å². The van der Waals surface area contributed by atoms with Crippen molar-refractivity contribution in [1.29, 1.82) is 0 Å². The zero-order valence-electron chi connectivity index (χ0n) is 9.09. The van der Waals surface area contributed by atoms with Crippen LogP contribution in [0.2, 0.25) is 5.02 Å². The lowest BCUT2D eigenvalue weighted by Gasteiger charge is -2.29. The van der Waals surface area contributed by atoms with E-state index >= 15 is 0 Å². The van der Waals surface area contributed by atoms with E-state index in [1.165, 1.54) is 10.5 Å². The SMILES string of the molecule is ClC[C@H]1C[NH+](Cc2ccccc2Cl)CCO1. The summed E-state index contributed by atoms with van der Waals surface area (Å²) in [6.45, 7) is 3.74. The molecule has 0 aliphatic carbocycles. The summed E-state index contributed by atoms with van der Waals surface area (Å²) in [6.07, 6.45) is 0.188. The molecule has 2 rings (SSSR count). The molecule has 1 aromatic carbocycles. The molecule has 4 heteroatoms. The first-order valence-electron chi connectivity index (χ1n) is 5.54. The highest BCUT2D eigenvalue weighted by molar-refractivity contribution is 6.31. The van der Waals surface area contributed by atoms with E-state index in [4.69, 9.17) is 27.9 Å². The summed E-state index contributed by atoms with van der Waals surface area (Å²) in [7, 11) is 0. The Hall–Kier alpha value is -0.280. The number of alkyl halides is 1. The van der Waals surface area contributed by atoms with Gasteiger partial charge in [-0.1, -0.05) is 29.8 Å². The number of morpholine rings is 1. The summed E-state index contributed by atoms with van der Waals surface area (Å²) in [5, 5.41) is 0.851. The van der Waals surface area contributed by atoms with Crippen LogP contribution in [0.3, 0.4) is 0 Å². The molecular weight excluding hydrogens is 245 g/mol. The maximum atomic E-state index is 6.14. The van der Waals surface area contributed by atoms with Crippen molar-refractivity contribution in [2.45, 2.75) is 12.6 Å². The van der Waals surface area contributed by atoms with Gasteiger partial charge in [0.25, 0.3) is 0 Å². The number of halogens is 2. The second-order valence-corrected chi connectivity index (χ2v) is 4.84. The Kier molecular flexibility index (Phi) is 4.47. The lowest BCUT2D eigenvalue weighted by atomic mass is 10.2. The first-order chi connectivity index (χ1) is 7.79. The smallest absolute Gasteiger partial charge is 0.120 e. The molecule has 2 nitrogen and oxygen atoms in total. The van der Waals surface area contributed by atoms with E-state index in [-0.39, 0.29) is 6.10 Å². The van der Waals surface area contributed by atoms with E-state index in [0.29, 0.717) is 5.88 Å². The summed E-state index contributed by atoms with van der Waals surface area (Å²) >= 11 is 12.0. The van der Waals surface area contributed by atoms with E-state index in [1.807, 2.05) is 18.2 Å². The highest BCUT2D eigenvalue weighted by atomic mass is 35.5. The third-order valence-corrected chi connectivity index (χ3v) is 3.61. The van der Waals surface area contributed by atoms with Crippen LogP contribution in [0.4, 0.5) is 0 Å². The summed E-state index contributed by atoms with van der Waals surface area (Å²) < 4.78 is 5.54. The molecule has 0 spiro atoms. The van der Waals surface area contributed by atoms with Gasteiger partial charge in [-0.2, -0.15) is 0 Å². The number of ether oxygens (including phenoxy) is 1. The van der Waals surface area contributed by atoms with Crippen LogP contribution in [-0.2, 0) is 11.3 Å². The van der Waals surface area contributed by atoms with Gasteiger partial charge in [-0.25, -0.2) is 0 Å². The van der Waals surface area contributed by atoms with E-state index in [9.17, 15) is 0 Å². The predicted molar refractivity (Wildman–Crippen MR) is 66.3 cm³/mol. The number of nitrogens with one attached hydrogen (secondary N) is 1. The second kappa shape index (κ2) is 5.87. The van der Waals surface area contributed by atoms with Crippen molar-refractivity contribution in [1.82, 2.24) is 0 Å². The van der Waals surface area contributed by atoms with Gasteiger partial charge < -0.3 is 9.64 Å². The van der Waals surface area contributed by atoms with E-state index < -0.39 is 0 Å². The van der Waals surface area contributed by atoms with Crippen LogP contribution in [0, 0.1) is 0 Å². The van der Waals surface area contributed by atoms with Crippen LogP contribution in [0.5, 0.6) is 0 Å². The van der Waals surface area contributed by atoms with Crippen molar-refractivity contribution in [3.05, 3.63) is 34.9 Å². The lowest BCUT2D eigenvalue weighted by molar-refractivity contribution is -0.924. The molecule has 1 aliphatic heterocycles. The van der Waals surface area contributed by atoms with Crippen LogP contribution >= 0.6 is 23.2 Å². The third-order valence-electron chi connectivity index (χ3n) is 2.90. The quantitative estimate of drug-likeness (QED) is 0.811. The molecule has 1 N–H and O–H groups in total. The minimum Gasteiger partial charge on any atom is -0.365 e. The predicted octanol–water partition coefficient (Wildman–Crippen LogP) is 1.36. The van der Waals surface area contributed by atoms with Gasteiger partial charge >= 0.3 is 0 Å². The maximum absolute atomic E-state index is 6.14. The number of hydrogen-bond donors (Lipinski definition) is 1. The molecule has 0 amide bonds. The molecular formula is C12H16Cl2NO+. The van der Waals surface area contributed by atoms with E-state index in [0.717, 1.165) is 31.3 Å². The van der Waals surface area contributed by atoms with Gasteiger partial charge in [-0.3, -0.25) is 0 Å². The van der Waals surface area contributed by atoms with Gasteiger partial charge in [-0.15, -0.1) is 11.6 Å². The van der Waals surface area contributed by atoms with Gasteiger partial charge in [-0.05, 0) is 6.07 Å². The fourth-order valence-corrected chi connectivity index (χ4v) is 2.42. The molecule has 0 radical (unpaired) electrons. The second-order valence-electron chi connectivity index (χ2n) is 4.12. The highest BCUT2D eigenvalue weighted by Crippen LogP contribution is 2.13. The maximum Gasteiger partial charge on any atom is 0.120 e. The zero-order chi connectivity index (χ0) is 11.4. The summed E-state index contributed by atoms with van der Waals surface area (Å²) in [4.78, 5) is 1.49. The molecule has 1 saturated heterocycles. The van der Waals surface area contributed by atoms with Gasteiger partial charge in [0.2, 0.25) is 0 Å². The van der Waals surface area contributed by atoms with Crippen LogP contribution in [0.25, 0.3) is 0 Å². The molecule has 1 unspecified atom stereocenters. The lowest BCUT2D eigenvalue weighted by Crippen LogP contribution is -3.13. The van der Waals surface area contributed by atoms with Crippen molar-refractivity contribution in [3.63, 3.8) is 0 Å². The number of benzene rings is 1. The number of hydrogen-bond acceptors (Lipinski definition) is 1. The van der Waals surface area contributed by atoms with Crippen molar-refractivity contribution in [3.8, 4) is 0 Å². The van der Waals surface area contributed by atoms with Crippen molar-refractivity contribution in [2.75, 3.05) is 25.6 Å². The first kappa shape index (κ1) is 12.2. The Bertz CT molecular complexity index is 346. The standard InChI is InChI=1S/C12H15Cl2NO/c13-7-11-9-15(5-6-16-11)8-10-3-1-2-4-12(10)14/h1-4,11H,5-9H2/p+1/t11-/m0/s1. The largest absolute Gasteiger partial charge is 0.365 e. The molecule has 0 bridgehead atoms. The third kappa shape index (κ3) is 3.11. The summed E-state index contributed by atoms with van der Waals surface area (Å²) in [6, 6.07) is 8.01. The van der Waals surface area contributed by atoms with Gasteiger partial charge in [0, 0.05) is 10.6 Å². The Morgan fingerprint density at radius 1 is 1.38 bits per heavy atom. The van der Waals surface area contributed by atoms with Crippen LogP contribution in [-0.4, -0.2) is 31.7 Å². The topological polar surface area (TPSA) is 13.7 Å². The Morgan fingerprint density at radius 2 is 2.19 bits per heavy atom. The van der Waals surface area contributed by atoms with E-state index in [1.54, 1.807) is 0 Å². The van der Waals surface area contributed by atoms with Crippen LogP contribution in [0.15, 0.2) is 24.3 Å². The average Bonchev–Trinajstić information content (AvgIpc) is 2.32. The summed E-state index contributed by atoms with van der Waals surface area (Å²) in [5.74, 6) is 0.575. The number of rotatable bonds is 3. The normalized spacial score (nSPS) is 25.6. The van der Waals surface area contributed by atoms with Gasteiger partial charge in [0.05, 0.1) is 12.5 Å². The molecule has 88 valence electrons. The fraction of sp³-hybridized carbons (Fsp3) is 0.500. The Morgan fingerprint density at radius 3 is 2.94 bits per heavy atom. The highest BCUT2D eigenvalue weighted by Gasteiger charge is 2.23. The molecule has 2 atom stereocenters. The van der Waals surface area contributed by atoms with Gasteiger partial charge in [0.15, 0.2) is 0 Å². The van der Waals surface area contributed by atoms with Crippen molar-refractivity contribution in [2.24, 2.45) is 0 Å². The molecule has 1 heterocycles. The first-order valence-corrected chi connectivity index (χ1v) is 6.45. The minimum absolute atomic E-state index is 0.188.